The number of carbonyl (C=O) groups excluding carboxylic acids is 3. The van der Waals surface area contributed by atoms with E-state index in [0.717, 1.165) is 12.8 Å². The number of rotatable bonds is 9. The Morgan fingerprint density at radius 1 is 1.35 bits per heavy atom. The fourth-order valence-corrected chi connectivity index (χ4v) is 2.79. The first-order valence-corrected chi connectivity index (χ1v) is 8.31. The first-order valence-electron chi connectivity index (χ1n) is 8.31. The molecule has 0 aromatic heterocycles. The third-order valence-electron chi connectivity index (χ3n) is 4.18. The topological polar surface area (TPSA) is 105 Å². The predicted molar refractivity (Wildman–Crippen MR) is 88.5 cm³/mol. The van der Waals surface area contributed by atoms with Crippen LogP contribution in [0, 0.1) is 5.92 Å². The number of hydrogen-bond donors (Lipinski definition) is 3. The van der Waals surface area contributed by atoms with Gasteiger partial charge in [-0.25, -0.2) is 0 Å². The fourth-order valence-electron chi connectivity index (χ4n) is 2.79. The lowest BCUT2D eigenvalue weighted by Crippen LogP contribution is -2.52. The molecule has 0 saturated carbocycles. The molecule has 23 heavy (non-hydrogen) atoms. The molecule has 0 aromatic rings. The molecule has 0 aromatic carbocycles. The third-order valence-corrected chi connectivity index (χ3v) is 4.18. The van der Waals surface area contributed by atoms with Crippen LogP contribution in [-0.4, -0.2) is 54.3 Å². The van der Waals surface area contributed by atoms with Crippen molar-refractivity contribution in [3.8, 4) is 0 Å². The maximum absolute atomic E-state index is 12.4. The largest absolute Gasteiger partial charge is 0.343 e. The second kappa shape index (κ2) is 8.98. The summed E-state index contributed by atoms with van der Waals surface area (Å²) in [6.07, 6.45) is 2.14. The van der Waals surface area contributed by atoms with Gasteiger partial charge in [-0.3, -0.25) is 19.3 Å². The first kappa shape index (κ1) is 19.6. The number of carbonyl (C=O) groups is 3. The molecule has 2 amide bonds. The normalized spacial score (nSPS) is 23.0. The Balaban J connectivity index is 2.65. The van der Waals surface area contributed by atoms with E-state index in [4.69, 9.17) is 5.73 Å². The van der Waals surface area contributed by atoms with Crippen LogP contribution in [0.25, 0.3) is 0 Å². The van der Waals surface area contributed by atoms with E-state index >= 15 is 0 Å². The van der Waals surface area contributed by atoms with Gasteiger partial charge >= 0.3 is 0 Å². The molecule has 0 bridgehead atoms. The van der Waals surface area contributed by atoms with Crippen molar-refractivity contribution in [3.63, 3.8) is 0 Å². The van der Waals surface area contributed by atoms with Gasteiger partial charge in [0.2, 0.25) is 5.91 Å². The zero-order valence-corrected chi connectivity index (χ0v) is 14.6. The minimum atomic E-state index is -0.720. The maximum atomic E-state index is 12.4. The summed E-state index contributed by atoms with van der Waals surface area (Å²) in [5, 5.41) is 5.47. The van der Waals surface area contributed by atoms with Crippen LogP contribution in [0.3, 0.4) is 0 Å². The highest BCUT2D eigenvalue weighted by molar-refractivity contribution is 5.95. The summed E-state index contributed by atoms with van der Waals surface area (Å²) in [7, 11) is 1.76. The van der Waals surface area contributed by atoms with Crippen LogP contribution in [0.2, 0.25) is 0 Å². The Morgan fingerprint density at radius 3 is 2.52 bits per heavy atom. The van der Waals surface area contributed by atoms with Crippen molar-refractivity contribution in [2.24, 2.45) is 11.7 Å². The molecule has 0 spiro atoms. The van der Waals surface area contributed by atoms with Gasteiger partial charge in [0.05, 0.1) is 12.1 Å². The molecular weight excluding hydrogens is 296 g/mol. The van der Waals surface area contributed by atoms with Gasteiger partial charge in [0, 0.05) is 0 Å². The van der Waals surface area contributed by atoms with Crippen molar-refractivity contribution in [1.82, 2.24) is 15.5 Å². The van der Waals surface area contributed by atoms with E-state index in [1.54, 1.807) is 11.9 Å². The van der Waals surface area contributed by atoms with Gasteiger partial charge in [0.1, 0.15) is 0 Å². The summed E-state index contributed by atoms with van der Waals surface area (Å²) in [4.78, 5) is 37.9. The zero-order chi connectivity index (χ0) is 17.6. The van der Waals surface area contributed by atoms with Crippen molar-refractivity contribution in [3.05, 3.63) is 0 Å². The van der Waals surface area contributed by atoms with E-state index in [1.165, 1.54) is 6.92 Å². The molecular formula is C16H30N4O3. The third kappa shape index (κ3) is 5.58. The molecule has 1 fully saturated rings. The molecule has 7 heteroatoms. The van der Waals surface area contributed by atoms with E-state index in [9.17, 15) is 14.4 Å². The number of amides is 2. The Bertz CT molecular complexity index is 439. The predicted octanol–water partition coefficient (Wildman–Crippen LogP) is -0.00840. The van der Waals surface area contributed by atoms with E-state index in [-0.39, 0.29) is 23.6 Å². The minimum Gasteiger partial charge on any atom is -0.343 e. The van der Waals surface area contributed by atoms with E-state index in [2.05, 4.69) is 10.6 Å². The molecule has 7 nitrogen and oxygen atoms in total. The van der Waals surface area contributed by atoms with Gasteiger partial charge in [-0.2, -0.15) is 0 Å². The molecule has 1 aliphatic rings. The molecule has 1 unspecified atom stereocenters. The Morgan fingerprint density at radius 2 is 2.00 bits per heavy atom. The van der Waals surface area contributed by atoms with Gasteiger partial charge in [-0.1, -0.05) is 13.8 Å². The van der Waals surface area contributed by atoms with Crippen molar-refractivity contribution in [1.29, 1.82) is 0 Å². The van der Waals surface area contributed by atoms with Crippen LogP contribution in [0.4, 0.5) is 0 Å². The summed E-state index contributed by atoms with van der Waals surface area (Å²) in [5.41, 5.74) is 5.45. The Hall–Kier alpha value is -1.47. The number of hydrogen-bond acceptors (Lipinski definition) is 5. The Kier molecular flexibility index (Phi) is 7.64. The van der Waals surface area contributed by atoms with Crippen molar-refractivity contribution in [2.75, 3.05) is 13.6 Å². The van der Waals surface area contributed by atoms with Gasteiger partial charge in [0.15, 0.2) is 11.9 Å². The molecule has 1 aliphatic heterocycles. The molecule has 1 rings (SSSR count). The van der Waals surface area contributed by atoms with Gasteiger partial charge in [0.25, 0.3) is 5.91 Å². The van der Waals surface area contributed by atoms with Crippen LogP contribution >= 0.6 is 0 Å². The van der Waals surface area contributed by atoms with Gasteiger partial charge in [-0.05, 0) is 52.1 Å². The highest BCUT2D eigenvalue weighted by atomic mass is 16.2. The van der Waals surface area contributed by atoms with Crippen LogP contribution in [0.5, 0.6) is 0 Å². The van der Waals surface area contributed by atoms with Crippen LogP contribution in [0.1, 0.15) is 46.5 Å². The molecule has 0 radical (unpaired) electrons. The molecule has 3 atom stereocenters. The molecule has 1 heterocycles. The van der Waals surface area contributed by atoms with Crippen LogP contribution < -0.4 is 16.4 Å². The highest BCUT2D eigenvalue weighted by Gasteiger charge is 2.41. The van der Waals surface area contributed by atoms with Crippen molar-refractivity contribution in [2.45, 2.75) is 64.7 Å². The Labute approximate surface area is 138 Å². The number of ketones is 1. The fraction of sp³-hybridized carbons (Fsp3) is 0.812. The SMILES string of the molecule is CC(=O)[C@H](CCCCN)NC(=O)C1NC(=O)[C@H](CC(C)C)N1C. The summed E-state index contributed by atoms with van der Waals surface area (Å²) in [5.74, 6) is -0.193. The summed E-state index contributed by atoms with van der Waals surface area (Å²) in [6.45, 7) is 6.11. The van der Waals surface area contributed by atoms with Gasteiger partial charge in [-0.15, -0.1) is 0 Å². The number of likely N-dealkylation sites (N-methyl/N-ethyl adjacent to an activating group) is 1. The van der Waals surface area contributed by atoms with Gasteiger partial charge < -0.3 is 16.4 Å². The number of Topliss-reactive ketones (excluding diaryl/α,β-unsaturated/α-hetero) is 1. The standard InChI is InChI=1S/C16H30N4O3/c1-10(2)9-13-15(22)19-14(20(13)4)16(23)18-12(11(3)21)7-5-6-8-17/h10,12-14H,5-9,17H2,1-4H3,(H,18,23)(H,19,22)/t12-,13-,14?/m0/s1. The van der Waals surface area contributed by atoms with E-state index < -0.39 is 12.2 Å². The van der Waals surface area contributed by atoms with Crippen LogP contribution in [-0.2, 0) is 14.4 Å². The number of nitrogens with one attached hydrogen (secondary N) is 2. The monoisotopic (exact) mass is 326 g/mol. The number of unbranched alkanes of at least 4 members (excludes halogenated alkanes) is 1. The van der Waals surface area contributed by atoms with E-state index in [1.807, 2.05) is 13.8 Å². The average molecular weight is 326 g/mol. The summed E-state index contributed by atoms with van der Waals surface area (Å²) >= 11 is 0. The maximum Gasteiger partial charge on any atom is 0.258 e. The number of nitrogens with two attached hydrogens (primary N) is 1. The molecule has 1 saturated heterocycles. The molecule has 132 valence electrons. The minimum absolute atomic E-state index is 0.0823. The number of nitrogens with zero attached hydrogens (tertiary/aromatic N) is 1. The van der Waals surface area contributed by atoms with Crippen molar-refractivity contribution >= 4 is 17.6 Å². The second-order valence-electron chi connectivity index (χ2n) is 6.68. The quantitative estimate of drug-likeness (QED) is 0.517. The summed E-state index contributed by atoms with van der Waals surface area (Å²) in [6, 6.07) is -0.831. The lowest BCUT2D eigenvalue weighted by atomic mass is 10.0. The highest BCUT2D eigenvalue weighted by Crippen LogP contribution is 2.18. The average Bonchev–Trinajstić information content (AvgIpc) is 2.73. The molecule has 4 N–H and O–H groups in total. The van der Waals surface area contributed by atoms with E-state index in [0.29, 0.717) is 25.3 Å². The first-order chi connectivity index (χ1) is 10.8. The summed E-state index contributed by atoms with van der Waals surface area (Å²) < 4.78 is 0. The molecule has 0 aliphatic carbocycles. The van der Waals surface area contributed by atoms with Crippen LogP contribution in [0.15, 0.2) is 0 Å². The zero-order valence-electron chi connectivity index (χ0n) is 14.6. The smallest absolute Gasteiger partial charge is 0.258 e. The van der Waals surface area contributed by atoms with Crippen molar-refractivity contribution < 1.29 is 14.4 Å². The lowest BCUT2D eigenvalue weighted by molar-refractivity contribution is -0.130. The lowest BCUT2D eigenvalue weighted by Gasteiger charge is -2.25. The second-order valence-corrected chi connectivity index (χ2v) is 6.68.